The summed E-state index contributed by atoms with van der Waals surface area (Å²) < 4.78 is 48.3. The summed E-state index contributed by atoms with van der Waals surface area (Å²) in [6, 6.07) is 14.4. The number of halogens is 3. The van der Waals surface area contributed by atoms with Crippen LogP contribution >= 0.6 is 0 Å². The fourth-order valence-corrected chi connectivity index (χ4v) is 4.15. The number of aromatic nitrogens is 3. The molecule has 0 spiro atoms. The number of nitrogens with zero attached hydrogens (tertiary/aromatic N) is 3. The van der Waals surface area contributed by atoms with Crippen molar-refractivity contribution in [1.82, 2.24) is 14.8 Å². The molecule has 0 aliphatic carbocycles. The zero-order valence-electron chi connectivity index (χ0n) is 22.9. The molecule has 9 heteroatoms. The maximum atomic E-state index is 13.8. The first-order valence-electron chi connectivity index (χ1n) is 12.8. The van der Waals surface area contributed by atoms with E-state index in [4.69, 9.17) is 4.74 Å². The number of pyridine rings is 1. The van der Waals surface area contributed by atoms with Gasteiger partial charge in [0.1, 0.15) is 5.75 Å². The summed E-state index contributed by atoms with van der Waals surface area (Å²) in [5.41, 5.74) is 3.53. The molecule has 208 valence electrons. The number of ether oxygens (including phenoxy) is 1. The lowest BCUT2D eigenvalue weighted by atomic mass is 10.1. The van der Waals surface area contributed by atoms with Gasteiger partial charge in [-0.1, -0.05) is 39.0 Å². The lowest BCUT2D eigenvalue weighted by Gasteiger charge is -2.15. The molecule has 0 bridgehead atoms. The molecule has 39 heavy (non-hydrogen) atoms. The second-order valence-corrected chi connectivity index (χ2v) is 8.68. The third kappa shape index (κ3) is 6.85. The second kappa shape index (κ2) is 12.6. The number of carbonyl (C=O) groups is 1. The topological polar surface area (TPSA) is 69.0 Å². The highest BCUT2D eigenvalue weighted by Gasteiger charge is 2.26. The van der Waals surface area contributed by atoms with Crippen molar-refractivity contribution in [2.45, 2.75) is 60.2 Å². The normalized spacial score (nSPS) is 11.8. The summed E-state index contributed by atoms with van der Waals surface area (Å²) >= 11 is 0. The van der Waals surface area contributed by atoms with Gasteiger partial charge in [0.25, 0.3) is 11.8 Å². The molecule has 1 amide bonds. The van der Waals surface area contributed by atoms with Gasteiger partial charge in [-0.3, -0.25) is 9.78 Å². The zero-order valence-corrected chi connectivity index (χ0v) is 22.9. The van der Waals surface area contributed by atoms with E-state index in [0.717, 1.165) is 12.5 Å². The molecule has 6 nitrogen and oxygen atoms in total. The largest absolute Gasteiger partial charge is 0.460 e. The maximum Gasteiger partial charge on any atom is 0.270 e. The Kier molecular flexibility index (Phi) is 9.51. The number of benzene rings is 2. The number of hydrogen-bond donors (Lipinski definition) is 1. The molecular formula is C30H35F3N4O2. The monoisotopic (exact) mass is 540 g/mol. The predicted octanol–water partition coefficient (Wildman–Crippen LogP) is 8.14. The Morgan fingerprint density at radius 3 is 2.51 bits per heavy atom. The van der Waals surface area contributed by atoms with E-state index in [0.29, 0.717) is 40.4 Å². The third-order valence-corrected chi connectivity index (χ3v) is 5.81. The minimum atomic E-state index is -3.03. The van der Waals surface area contributed by atoms with Crippen LogP contribution in [0.25, 0.3) is 16.8 Å². The molecule has 2 heterocycles. The Bertz CT molecular complexity index is 1420. The fourth-order valence-electron chi connectivity index (χ4n) is 4.15. The molecule has 4 aromatic rings. The van der Waals surface area contributed by atoms with Gasteiger partial charge >= 0.3 is 0 Å². The van der Waals surface area contributed by atoms with Crippen LogP contribution in [-0.4, -0.2) is 27.0 Å². The summed E-state index contributed by atoms with van der Waals surface area (Å²) in [6.07, 6.45) is 2.25. The Hall–Kier alpha value is -4.14. The molecule has 0 aliphatic rings. The Balaban J connectivity index is 0.00000183. The summed E-state index contributed by atoms with van der Waals surface area (Å²) in [4.78, 5) is 17.4. The molecule has 2 aromatic heterocycles. The number of aryl methyl sites for hydroxylation is 1. The highest BCUT2D eigenvalue weighted by Crippen LogP contribution is 2.34. The Labute approximate surface area is 228 Å². The molecule has 1 atom stereocenters. The average Bonchev–Trinajstić information content (AvgIpc) is 3.26. The van der Waals surface area contributed by atoms with Crippen molar-refractivity contribution in [3.63, 3.8) is 0 Å². The maximum absolute atomic E-state index is 13.8. The molecular weight excluding hydrogens is 505 g/mol. The van der Waals surface area contributed by atoms with Crippen molar-refractivity contribution in [2.24, 2.45) is 0 Å². The third-order valence-electron chi connectivity index (χ3n) is 5.81. The standard InChI is InChI=1S/C28H27F3N4O2.C2H6.H2/c1-5-24-26(27(36)33-21-10-6-9-20(14-21)28(4,30)31)17(2)34-35(24)22-11-12-25(37-18(3)29)23(15-22)19-8-7-13-32-16-19;1-2;/h6-16,18H,5H2,1-4H3,(H,33,36);1-2H3;1H. The van der Waals surface area contributed by atoms with Gasteiger partial charge in [0.2, 0.25) is 6.36 Å². The number of amides is 1. The van der Waals surface area contributed by atoms with Gasteiger partial charge in [-0.25, -0.2) is 17.9 Å². The quantitative estimate of drug-likeness (QED) is 0.245. The van der Waals surface area contributed by atoms with Crippen LogP contribution in [0, 0.1) is 6.92 Å². The van der Waals surface area contributed by atoms with Crippen molar-refractivity contribution >= 4 is 11.6 Å². The molecule has 0 saturated heterocycles. The van der Waals surface area contributed by atoms with Crippen LogP contribution in [0.2, 0.25) is 0 Å². The van der Waals surface area contributed by atoms with E-state index < -0.39 is 18.2 Å². The molecule has 2 aromatic carbocycles. The molecule has 0 radical (unpaired) electrons. The predicted molar refractivity (Wildman–Crippen MR) is 150 cm³/mol. The van der Waals surface area contributed by atoms with Crippen LogP contribution in [0.4, 0.5) is 18.9 Å². The molecule has 1 N–H and O–H groups in total. The van der Waals surface area contributed by atoms with E-state index in [1.807, 2.05) is 26.8 Å². The van der Waals surface area contributed by atoms with Crippen LogP contribution in [0.3, 0.4) is 0 Å². The first-order valence-corrected chi connectivity index (χ1v) is 12.8. The number of rotatable bonds is 8. The zero-order chi connectivity index (χ0) is 28.7. The summed E-state index contributed by atoms with van der Waals surface area (Å²) in [7, 11) is 0. The van der Waals surface area contributed by atoms with Gasteiger partial charge in [0.05, 0.1) is 22.6 Å². The minimum Gasteiger partial charge on any atom is -0.460 e. The smallest absolute Gasteiger partial charge is 0.270 e. The number of alkyl halides is 3. The highest BCUT2D eigenvalue weighted by molar-refractivity contribution is 6.06. The van der Waals surface area contributed by atoms with Gasteiger partial charge < -0.3 is 10.1 Å². The van der Waals surface area contributed by atoms with Crippen molar-refractivity contribution in [3.05, 3.63) is 89.5 Å². The van der Waals surface area contributed by atoms with E-state index in [1.54, 1.807) is 54.3 Å². The number of anilines is 1. The van der Waals surface area contributed by atoms with Crippen molar-refractivity contribution in [3.8, 4) is 22.6 Å². The van der Waals surface area contributed by atoms with Crippen molar-refractivity contribution in [2.75, 3.05) is 5.32 Å². The molecule has 1 unspecified atom stereocenters. The van der Waals surface area contributed by atoms with Crippen LogP contribution in [0.1, 0.15) is 63.4 Å². The SMILES string of the molecule is CC.CCc1c(C(=O)Nc2cccc(C(C)(F)F)c2)c(C)nn1-c1ccc(OC(C)F)c(-c2cccnc2)c1.[HH]. The van der Waals surface area contributed by atoms with E-state index in [9.17, 15) is 18.0 Å². The van der Waals surface area contributed by atoms with Gasteiger partial charge in [-0.05, 0) is 49.7 Å². The van der Waals surface area contributed by atoms with E-state index in [2.05, 4.69) is 15.4 Å². The highest BCUT2D eigenvalue weighted by atomic mass is 19.3. The van der Waals surface area contributed by atoms with E-state index in [-0.39, 0.29) is 12.7 Å². The molecule has 0 aliphatic heterocycles. The van der Waals surface area contributed by atoms with E-state index in [1.165, 1.54) is 25.1 Å². The van der Waals surface area contributed by atoms with Crippen LogP contribution in [0.5, 0.6) is 5.75 Å². The fraction of sp³-hybridized carbons (Fsp3) is 0.300. The van der Waals surface area contributed by atoms with E-state index >= 15 is 0 Å². The minimum absolute atomic E-state index is 0. The van der Waals surface area contributed by atoms with Crippen LogP contribution in [-0.2, 0) is 12.3 Å². The van der Waals surface area contributed by atoms with Gasteiger partial charge in [0, 0.05) is 50.0 Å². The molecule has 0 saturated carbocycles. The van der Waals surface area contributed by atoms with Gasteiger partial charge in [0.15, 0.2) is 0 Å². The Morgan fingerprint density at radius 2 is 1.90 bits per heavy atom. The summed E-state index contributed by atoms with van der Waals surface area (Å²) in [6.45, 7) is 9.72. The second-order valence-electron chi connectivity index (χ2n) is 8.68. The van der Waals surface area contributed by atoms with Crippen molar-refractivity contribution < 1.29 is 24.1 Å². The number of nitrogens with one attached hydrogen (secondary N) is 1. The number of hydrogen-bond acceptors (Lipinski definition) is 4. The van der Waals surface area contributed by atoms with Crippen LogP contribution < -0.4 is 10.1 Å². The summed E-state index contributed by atoms with van der Waals surface area (Å²) in [5, 5.41) is 7.33. The summed E-state index contributed by atoms with van der Waals surface area (Å²) in [5.74, 6) is -3.13. The average molecular weight is 541 g/mol. The number of carbonyl (C=O) groups excluding carboxylic acids is 1. The lowest BCUT2D eigenvalue weighted by molar-refractivity contribution is 0.0175. The Morgan fingerprint density at radius 1 is 1.15 bits per heavy atom. The molecule has 4 rings (SSSR count). The van der Waals surface area contributed by atoms with Gasteiger partial charge in [-0.15, -0.1) is 0 Å². The molecule has 0 fully saturated rings. The lowest BCUT2D eigenvalue weighted by Crippen LogP contribution is -2.16. The van der Waals surface area contributed by atoms with Gasteiger partial charge in [-0.2, -0.15) is 5.10 Å². The van der Waals surface area contributed by atoms with Crippen LogP contribution in [0.15, 0.2) is 67.0 Å². The first-order chi connectivity index (χ1) is 18.6. The van der Waals surface area contributed by atoms with Crippen molar-refractivity contribution in [1.29, 1.82) is 0 Å². The first kappa shape index (κ1) is 29.4.